The second kappa shape index (κ2) is 9.29. The van der Waals surface area contributed by atoms with Crippen LogP contribution < -0.4 is 0 Å². The van der Waals surface area contributed by atoms with Crippen LogP contribution in [0.15, 0.2) is 17.8 Å². The predicted molar refractivity (Wildman–Crippen MR) is 93.9 cm³/mol. The molecule has 0 N–H and O–H groups in total. The van der Waals surface area contributed by atoms with Crippen LogP contribution in [-0.4, -0.2) is 21.0 Å². The van der Waals surface area contributed by atoms with Crippen LogP contribution in [-0.2, 0) is 4.43 Å². The smallest absolute Gasteiger partial charge is 0.192 e. The van der Waals surface area contributed by atoms with E-state index < -0.39 is 8.32 Å². The summed E-state index contributed by atoms with van der Waals surface area (Å²) in [5.74, 6) is 0.506. The zero-order valence-electron chi connectivity index (χ0n) is 14.7. The first-order chi connectivity index (χ1) is 9.69. The third kappa shape index (κ3) is 7.16. The third-order valence-electron chi connectivity index (χ3n) is 4.60. The molecule has 5 heteroatoms. The van der Waals surface area contributed by atoms with Crippen molar-refractivity contribution in [2.45, 2.75) is 77.6 Å². The summed E-state index contributed by atoms with van der Waals surface area (Å²) in [7, 11) is -1.77. The summed E-state index contributed by atoms with van der Waals surface area (Å²) in [5, 5.41) is 3.84. The number of nitrogens with zero attached hydrogens (tertiary/aromatic N) is 3. The summed E-state index contributed by atoms with van der Waals surface area (Å²) in [6.07, 6.45) is 6.16. The van der Waals surface area contributed by atoms with Gasteiger partial charge in [-0.2, -0.15) is 0 Å². The standard InChI is InChI=1S/C16H33N3OSi/c1-8-11-15(20-21(6,7)16(3,4)5)14(9-2)12-10-13-18-19-17/h8,14-15H,1,9-13H2,2-7H3/t14-,15-/m1/s1. The summed E-state index contributed by atoms with van der Waals surface area (Å²) < 4.78 is 6.62. The average Bonchev–Trinajstić information content (AvgIpc) is 2.37. The van der Waals surface area contributed by atoms with Crippen molar-refractivity contribution < 1.29 is 4.43 Å². The zero-order valence-corrected chi connectivity index (χ0v) is 15.7. The molecule has 0 aliphatic heterocycles. The van der Waals surface area contributed by atoms with E-state index >= 15 is 0 Å². The van der Waals surface area contributed by atoms with E-state index in [4.69, 9.17) is 9.96 Å². The number of hydrogen-bond donors (Lipinski definition) is 0. The topological polar surface area (TPSA) is 58.0 Å². The van der Waals surface area contributed by atoms with Crippen LogP contribution in [0.3, 0.4) is 0 Å². The Morgan fingerprint density at radius 3 is 2.43 bits per heavy atom. The zero-order chi connectivity index (χ0) is 16.5. The van der Waals surface area contributed by atoms with Gasteiger partial charge in [0, 0.05) is 11.5 Å². The Morgan fingerprint density at radius 2 is 2.00 bits per heavy atom. The minimum atomic E-state index is -1.77. The van der Waals surface area contributed by atoms with Crippen molar-refractivity contribution in [2.24, 2.45) is 11.0 Å². The van der Waals surface area contributed by atoms with Crippen molar-refractivity contribution in [3.8, 4) is 0 Å². The lowest BCUT2D eigenvalue weighted by Crippen LogP contribution is -2.45. The second-order valence-corrected chi connectivity index (χ2v) is 12.0. The summed E-state index contributed by atoms with van der Waals surface area (Å²) in [4.78, 5) is 2.82. The highest BCUT2D eigenvalue weighted by Crippen LogP contribution is 2.39. The Kier molecular flexibility index (Phi) is 8.94. The lowest BCUT2D eigenvalue weighted by molar-refractivity contribution is 0.110. The predicted octanol–water partition coefficient (Wildman–Crippen LogP) is 6.07. The van der Waals surface area contributed by atoms with E-state index in [0.717, 1.165) is 25.7 Å². The van der Waals surface area contributed by atoms with Crippen LogP contribution >= 0.6 is 0 Å². The number of rotatable bonds is 10. The van der Waals surface area contributed by atoms with Gasteiger partial charge in [-0.05, 0) is 48.8 Å². The SMILES string of the molecule is C=CC[C@@H](O[Si](C)(C)C(C)(C)C)[C@H](CC)CCCN=[N+]=[N-]. The van der Waals surface area contributed by atoms with Crippen molar-refractivity contribution in [1.82, 2.24) is 0 Å². The first-order valence-corrected chi connectivity index (χ1v) is 10.9. The molecule has 0 fully saturated rings. The largest absolute Gasteiger partial charge is 0.413 e. The molecule has 0 bridgehead atoms. The van der Waals surface area contributed by atoms with E-state index in [9.17, 15) is 0 Å². The van der Waals surface area contributed by atoms with Crippen LogP contribution in [0.1, 0.15) is 53.4 Å². The van der Waals surface area contributed by atoms with Gasteiger partial charge in [0.2, 0.25) is 0 Å². The quantitative estimate of drug-likeness (QED) is 0.121. The fraction of sp³-hybridized carbons (Fsp3) is 0.875. The molecule has 4 nitrogen and oxygen atoms in total. The molecule has 0 saturated carbocycles. The Morgan fingerprint density at radius 1 is 1.38 bits per heavy atom. The van der Waals surface area contributed by atoms with E-state index in [0.29, 0.717) is 12.5 Å². The molecular weight excluding hydrogens is 278 g/mol. The molecule has 0 saturated heterocycles. The minimum Gasteiger partial charge on any atom is -0.413 e. The lowest BCUT2D eigenvalue weighted by atomic mass is 9.92. The van der Waals surface area contributed by atoms with Crippen LogP contribution in [0.5, 0.6) is 0 Å². The maximum atomic E-state index is 8.35. The van der Waals surface area contributed by atoms with Gasteiger partial charge in [0.15, 0.2) is 8.32 Å². The normalized spacial score (nSPS) is 15.1. The van der Waals surface area contributed by atoms with E-state index in [1.54, 1.807) is 0 Å². The number of azide groups is 1. The van der Waals surface area contributed by atoms with Gasteiger partial charge in [-0.15, -0.1) is 6.58 Å². The van der Waals surface area contributed by atoms with Gasteiger partial charge in [0.1, 0.15) is 0 Å². The molecule has 0 aliphatic rings. The van der Waals surface area contributed by atoms with Gasteiger partial charge in [0.25, 0.3) is 0 Å². The Labute approximate surface area is 131 Å². The molecule has 0 aromatic rings. The molecule has 0 heterocycles. The average molecular weight is 312 g/mol. The maximum Gasteiger partial charge on any atom is 0.192 e. The summed E-state index contributed by atoms with van der Waals surface area (Å²) in [5.41, 5.74) is 8.35. The lowest BCUT2D eigenvalue weighted by Gasteiger charge is -2.41. The van der Waals surface area contributed by atoms with E-state index in [-0.39, 0.29) is 11.1 Å². The molecule has 0 amide bonds. The molecule has 0 spiro atoms. The second-order valence-electron chi connectivity index (χ2n) is 7.21. The van der Waals surface area contributed by atoms with E-state index in [1.165, 1.54) is 0 Å². The van der Waals surface area contributed by atoms with Gasteiger partial charge in [-0.1, -0.05) is 45.3 Å². The summed E-state index contributed by atoms with van der Waals surface area (Å²) in [6.45, 7) is 18.1. The van der Waals surface area contributed by atoms with E-state index in [1.807, 2.05) is 6.08 Å². The fourth-order valence-electron chi connectivity index (χ4n) is 2.18. The minimum absolute atomic E-state index is 0.218. The van der Waals surface area contributed by atoms with Crippen molar-refractivity contribution in [1.29, 1.82) is 0 Å². The summed E-state index contributed by atoms with van der Waals surface area (Å²) in [6, 6.07) is 0. The highest BCUT2D eigenvalue weighted by atomic mass is 28.4. The molecule has 0 rings (SSSR count). The van der Waals surface area contributed by atoms with Gasteiger partial charge < -0.3 is 4.43 Å². The van der Waals surface area contributed by atoms with Crippen LogP contribution in [0, 0.1) is 5.92 Å². The Hall–Kier alpha value is -0.773. The summed E-state index contributed by atoms with van der Waals surface area (Å²) >= 11 is 0. The number of hydrogen-bond acceptors (Lipinski definition) is 2. The monoisotopic (exact) mass is 311 g/mol. The van der Waals surface area contributed by atoms with Crippen LogP contribution in [0.4, 0.5) is 0 Å². The van der Waals surface area contributed by atoms with Crippen molar-refractivity contribution in [3.05, 3.63) is 23.1 Å². The first kappa shape index (κ1) is 20.2. The van der Waals surface area contributed by atoms with E-state index in [2.05, 4.69) is 57.4 Å². The van der Waals surface area contributed by atoms with Gasteiger partial charge in [-0.25, -0.2) is 0 Å². The van der Waals surface area contributed by atoms with Crippen LogP contribution in [0.2, 0.25) is 18.1 Å². The van der Waals surface area contributed by atoms with Gasteiger partial charge in [0.05, 0.1) is 6.10 Å². The Bertz CT molecular complexity index is 357. The molecular formula is C16H33N3OSi. The van der Waals surface area contributed by atoms with Crippen LogP contribution in [0.25, 0.3) is 10.4 Å². The Balaban J connectivity index is 4.83. The third-order valence-corrected chi connectivity index (χ3v) is 9.10. The molecule has 122 valence electrons. The van der Waals surface area contributed by atoms with Crippen molar-refractivity contribution >= 4 is 8.32 Å². The maximum absolute atomic E-state index is 8.35. The highest BCUT2D eigenvalue weighted by molar-refractivity contribution is 6.74. The molecule has 0 unspecified atom stereocenters. The molecule has 0 radical (unpaired) electrons. The highest BCUT2D eigenvalue weighted by Gasteiger charge is 2.40. The van der Waals surface area contributed by atoms with Gasteiger partial charge >= 0.3 is 0 Å². The fourth-order valence-corrected chi connectivity index (χ4v) is 3.58. The molecule has 0 aromatic carbocycles. The molecule has 0 aliphatic carbocycles. The molecule has 21 heavy (non-hydrogen) atoms. The van der Waals surface area contributed by atoms with Crippen molar-refractivity contribution in [2.75, 3.05) is 6.54 Å². The van der Waals surface area contributed by atoms with Gasteiger partial charge in [-0.3, -0.25) is 0 Å². The first-order valence-electron chi connectivity index (χ1n) is 7.99. The molecule has 2 atom stereocenters. The van der Waals surface area contributed by atoms with Crippen molar-refractivity contribution in [3.63, 3.8) is 0 Å². The molecule has 0 aromatic heterocycles.